The van der Waals surface area contributed by atoms with Crippen molar-refractivity contribution in [2.24, 2.45) is 0 Å². The zero-order valence-corrected chi connectivity index (χ0v) is 21.1. The maximum absolute atomic E-state index is 12.2. The molecule has 0 atom stereocenters. The van der Waals surface area contributed by atoms with Crippen LogP contribution < -0.4 is 15.0 Å². The summed E-state index contributed by atoms with van der Waals surface area (Å²) in [4.78, 5) is 25.7. The molecule has 0 spiro atoms. The zero-order valence-electron chi connectivity index (χ0n) is 21.1. The number of H-pyrrole nitrogens is 1. The maximum Gasteiger partial charge on any atom is 0.247 e. The Hall–Kier alpha value is -4.24. The van der Waals surface area contributed by atoms with E-state index >= 15 is 0 Å². The van der Waals surface area contributed by atoms with Crippen LogP contribution in [0.15, 0.2) is 61.3 Å². The molecule has 9 nitrogen and oxygen atoms in total. The summed E-state index contributed by atoms with van der Waals surface area (Å²) in [5.41, 5.74) is 4.84. The number of methoxy groups -OCH3 is 1. The van der Waals surface area contributed by atoms with Crippen LogP contribution in [0.5, 0.6) is 5.75 Å². The minimum Gasteiger partial charge on any atom is -0.496 e. The second kappa shape index (κ2) is 11.0. The average molecular weight is 486 g/mol. The first-order valence-electron chi connectivity index (χ1n) is 11.6. The number of ether oxygens (including phenoxy) is 1. The summed E-state index contributed by atoms with van der Waals surface area (Å²) in [6.45, 7) is 5.22. The molecule has 2 N–H and O–H groups in total. The zero-order chi connectivity index (χ0) is 25.7. The summed E-state index contributed by atoms with van der Waals surface area (Å²) in [7, 11) is 7.68. The van der Waals surface area contributed by atoms with E-state index in [2.05, 4.69) is 36.9 Å². The number of carbonyl (C=O) groups is 1. The summed E-state index contributed by atoms with van der Waals surface area (Å²) in [5.74, 6) is 1.03. The molecule has 2 aromatic heterocycles. The number of nitrogens with one attached hydrogen (secondary N) is 2. The van der Waals surface area contributed by atoms with Crippen LogP contribution in [0.1, 0.15) is 11.4 Å². The van der Waals surface area contributed by atoms with Crippen LogP contribution in [0.3, 0.4) is 0 Å². The smallest absolute Gasteiger partial charge is 0.247 e. The fourth-order valence-corrected chi connectivity index (χ4v) is 3.96. The summed E-state index contributed by atoms with van der Waals surface area (Å²) >= 11 is 0. The predicted octanol–water partition coefficient (Wildman–Crippen LogP) is 3.74. The lowest BCUT2D eigenvalue weighted by Crippen LogP contribution is -2.29. The van der Waals surface area contributed by atoms with Gasteiger partial charge in [-0.1, -0.05) is 24.8 Å². The van der Waals surface area contributed by atoms with Crippen LogP contribution in [-0.2, 0) is 11.2 Å². The Bertz CT molecular complexity index is 1380. The quantitative estimate of drug-likeness (QED) is 0.330. The van der Waals surface area contributed by atoms with Gasteiger partial charge in [-0.2, -0.15) is 5.10 Å². The molecule has 0 aliphatic carbocycles. The monoisotopic (exact) mass is 485 g/mol. The molecule has 0 saturated carbocycles. The molecule has 186 valence electrons. The van der Waals surface area contributed by atoms with Crippen molar-refractivity contribution < 1.29 is 9.53 Å². The lowest BCUT2D eigenvalue weighted by atomic mass is 10.1. The lowest BCUT2D eigenvalue weighted by molar-refractivity contribution is -0.111. The maximum atomic E-state index is 12.2. The van der Waals surface area contributed by atoms with Crippen molar-refractivity contribution in [2.45, 2.75) is 6.42 Å². The number of nitrogens with zero attached hydrogens (tertiary/aromatic N) is 5. The number of amides is 1. The van der Waals surface area contributed by atoms with Crippen molar-refractivity contribution in [2.75, 3.05) is 51.6 Å². The van der Waals surface area contributed by atoms with E-state index in [4.69, 9.17) is 9.72 Å². The van der Waals surface area contributed by atoms with Gasteiger partial charge in [0, 0.05) is 49.8 Å². The summed E-state index contributed by atoms with van der Waals surface area (Å²) in [6.07, 6.45) is 3.41. The Labute approximate surface area is 210 Å². The highest BCUT2D eigenvalue weighted by Crippen LogP contribution is 2.35. The number of para-hydroxylation sites is 1. The van der Waals surface area contributed by atoms with E-state index in [0.29, 0.717) is 23.7 Å². The van der Waals surface area contributed by atoms with Gasteiger partial charge in [0.1, 0.15) is 17.3 Å². The largest absolute Gasteiger partial charge is 0.496 e. The molecule has 0 bridgehead atoms. The van der Waals surface area contributed by atoms with E-state index in [1.807, 2.05) is 63.6 Å². The third kappa shape index (κ3) is 5.52. The first-order chi connectivity index (χ1) is 17.4. The van der Waals surface area contributed by atoms with E-state index < -0.39 is 0 Å². The SMILES string of the molecule is C=CC(=O)Nc1cc(Cc2nccc(-c3n[nH]c4ccccc34)n2)c(OC)cc1N(C)CCN(C)C. The fraction of sp³-hybridized carbons (Fsp3) is 0.259. The summed E-state index contributed by atoms with van der Waals surface area (Å²) in [6, 6.07) is 13.6. The molecule has 0 aliphatic heterocycles. The van der Waals surface area contributed by atoms with Crippen LogP contribution >= 0.6 is 0 Å². The van der Waals surface area contributed by atoms with Crippen LogP contribution in [0.4, 0.5) is 11.4 Å². The fourth-order valence-electron chi connectivity index (χ4n) is 3.96. The minimum atomic E-state index is -0.281. The molecule has 4 rings (SSSR count). The van der Waals surface area contributed by atoms with Crippen molar-refractivity contribution in [1.29, 1.82) is 0 Å². The number of likely N-dealkylation sites (N-methyl/N-ethyl adjacent to an activating group) is 2. The molecule has 0 radical (unpaired) electrons. The van der Waals surface area contributed by atoms with Gasteiger partial charge >= 0.3 is 0 Å². The van der Waals surface area contributed by atoms with Gasteiger partial charge in [0.05, 0.1) is 29.7 Å². The van der Waals surface area contributed by atoms with Crippen molar-refractivity contribution >= 4 is 28.2 Å². The summed E-state index contributed by atoms with van der Waals surface area (Å²) < 4.78 is 5.74. The second-order valence-electron chi connectivity index (χ2n) is 8.75. The van der Waals surface area contributed by atoms with Crippen LogP contribution in [-0.4, -0.2) is 72.3 Å². The van der Waals surface area contributed by atoms with Gasteiger partial charge < -0.3 is 19.9 Å². The van der Waals surface area contributed by atoms with E-state index in [0.717, 1.165) is 46.6 Å². The third-order valence-corrected chi connectivity index (χ3v) is 5.90. The number of benzene rings is 2. The van der Waals surface area contributed by atoms with Gasteiger partial charge in [0.2, 0.25) is 5.91 Å². The molecule has 2 heterocycles. The molecule has 2 aromatic carbocycles. The molecule has 0 fully saturated rings. The average Bonchev–Trinajstić information content (AvgIpc) is 3.32. The highest BCUT2D eigenvalue weighted by atomic mass is 16.5. The van der Waals surface area contributed by atoms with Crippen molar-refractivity contribution in [3.63, 3.8) is 0 Å². The number of fused-ring (bicyclic) bond motifs is 1. The molecule has 0 saturated heterocycles. The molecule has 36 heavy (non-hydrogen) atoms. The van der Waals surface area contributed by atoms with E-state index in [9.17, 15) is 4.79 Å². The molecule has 1 amide bonds. The summed E-state index contributed by atoms with van der Waals surface area (Å²) in [5, 5.41) is 11.4. The molecule has 0 aliphatic rings. The predicted molar refractivity (Wildman–Crippen MR) is 144 cm³/mol. The number of anilines is 2. The van der Waals surface area contributed by atoms with Gasteiger partial charge in [-0.25, -0.2) is 9.97 Å². The number of rotatable bonds is 10. The van der Waals surface area contributed by atoms with Crippen molar-refractivity contribution in [3.8, 4) is 17.1 Å². The van der Waals surface area contributed by atoms with E-state index in [-0.39, 0.29) is 5.91 Å². The number of hydrogen-bond acceptors (Lipinski definition) is 7. The number of hydrogen-bond donors (Lipinski definition) is 2. The number of aromatic nitrogens is 4. The highest BCUT2D eigenvalue weighted by molar-refractivity contribution is 6.01. The number of carbonyl (C=O) groups excluding carboxylic acids is 1. The van der Waals surface area contributed by atoms with Crippen molar-refractivity contribution in [3.05, 3.63) is 72.7 Å². The molecule has 9 heteroatoms. The normalized spacial score (nSPS) is 11.0. The first-order valence-corrected chi connectivity index (χ1v) is 11.6. The number of aromatic amines is 1. The Morgan fingerprint density at radius 1 is 1.17 bits per heavy atom. The topological polar surface area (TPSA) is 99.3 Å². The second-order valence-corrected chi connectivity index (χ2v) is 8.75. The highest BCUT2D eigenvalue weighted by Gasteiger charge is 2.17. The van der Waals surface area contributed by atoms with E-state index in [1.165, 1.54) is 6.08 Å². The van der Waals surface area contributed by atoms with Gasteiger partial charge in [-0.15, -0.1) is 0 Å². The van der Waals surface area contributed by atoms with Gasteiger partial charge in [-0.05, 0) is 38.4 Å². The Morgan fingerprint density at radius 2 is 1.97 bits per heavy atom. The molecular weight excluding hydrogens is 454 g/mol. The molecule has 0 unspecified atom stereocenters. The van der Waals surface area contributed by atoms with Crippen LogP contribution in [0.25, 0.3) is 22.3 Å². The van der Waals surface area contributed by atoms with Gasteiger partial charge in [0.25, 0.3) is 0 Å². The minimum absolute atomic E-state index is 0.281. The standard InChI is InChI=1S/C27H31N7O2/c1-6-26(35)30-22-15-18(24(36-5)17-23(22)34(4)14-13-33(2)3)16-25-28-12-11-21(29-25)27-19-9-7-8-10-20(19)31-32-27/h6-12,15,17H,1,13-14,16H2,2-5H3,(H,30,35)(H,31,32). The Kier molecular flexibility index (Phi) is 7.60. The molecular formula is C27H31N7O2. The van der Waals surface area contributed by atoms with Crippen LogP contribution in [0, 0.1) is 0 Å². The Morgan fingerprint density at radius 3 is 2.72 bits per heavy atom. The first kappa shape index (κ1) is 24.9. The van der Waals surface area contributed by atoms with E-state index in [1.54, 1.807) is 13.3 Å². The Balaban J connectivity index is 1.69. The van der Waals surface area contributed by atoms with Crippen LogP contribution in [0.2, 0.25) is 0 Å². The van der Waals surface area contributed by atoms with Gasteiger partial charge in [0.15, 0.2) is 0 Å². The van der Waals surface area contributed by atoms with Crippen molar-refractivity contribution in [1.82, 2.24) is 25.1 Å². The third-order valence-electron chi connectivity index (χ3n) is 5.90. The molecule has 4 aromatic rings. The van der Waals surface area contributed by atoms with Gasteiger partial charge in [-0.3, -0.25) is 9.89 Å². The lowest BCUT2D eigenvalue weighted by Gasteiger charge is -2.25.